The van der Waals surface area contributed by atoms with Gasteiger partial charge in [0.2, 0.25) is 12.3 Å². The van der Waals surface area contributed by atoms with Crippen LogP contribution in [0.5, 0.6) is 5.75 Å². The first-order valence-electron chi connectivity index (χ1n) is 12.4. The largest absolute Gasteiger partial charge is 0.494 e. The van der Waals surface area contributed by atoms with Gasteiger partial charge in [-0.2, -0.15) is 4.98 Å². The normalized spacial score (nSPS) is 12.4. The number of benzene rings is 1. The Bertz CT molecular complexity index is 1360. The zero-order chi connectivity index (χ0) is 30.0. The second-order valence-corrected chi connectivity index (χ2v) is 8.95. The first-order chi connectivity index (χ1) is 19.5. The minimum absolute atomic E-state index is 0.00462. The van der Waals surface area contributed by atoms with Gasteiger partial charge < -0.3 is 46.1 Å². The number of amides is 3. The lowest BCUT2D eigenvalue weighted by atomic mass is 10.0. The summed E-state index contributed by atoms with van der Waals surface area (Å²) in [6.45, 7) is 2.44. The molecule has 1 aliphatic carbocycles. The first-order valence-corrected chi connectivity index (χ1v) is 12.4. The summed E-state index contributed by atoms with van der Waals surface area (Å²) >= 11 is 0. The van der Waals surface area contributed by atoms with Gasteiger partial charge in [0.15, 0.2) is 36.7 Å². The molecule has 0 atom stereocenters. The molecule has 17 heteroatoms. The number of para-hydroxylation sites is 1. The number of aromatic nitrogens is 4. The van der Waals surface area contributed by atoms with Crippen LogP contribution in [0.25, 0.3) is 11.5 Å². The maximum absolute atomic E-state index is 12.5. The second-order valence-electron chi connectivity index (χ2n) is 8.95. The van der Waals surface area contributed by atoms with E-state index in [2.05, 4.69) is 48.5 Å². The van der Waals surface area contributed by atoms with E-state index in [0.29, 0.717) is 17.7 Å². The van der Waals surface area contributed by atoms with Crippen molar-refractivity contribution >= 4 is 43.3 Å². The van der Waals surface area contributed by atoms with Crippen LogP contribution in [0.15, 0.2) is 28.8 Å². The van der Waals surface area contributed by atoms with Gasteiger partial charge in [-0.05, 0) is 25.1 Å². The summed E-state index contributed by atoms with van der Waals surface area (Å²) in [5, 5.41) is 42.2. The molecule has 7 N–H and O–H groups in total. The molecule has 2 aromatic heterocycles. The van der Waals surface area contributed by atoms with Gasteiger partial charge in [-0.3, -0.25) is 14.4 Å². The summed E-state index contributed by atoms with van der Waals surface area (Å²) in [5.41, 5.74) is 0.279. The number of hydrogen-bond acceptors (Lipinski definition) is 13. The van der Waals surface area contributed by atoms with Crippen LogP contribution in [0, 0.1) is 5.92 Å². The lowest BCUT2D eigenvalue weighted by Crippen LogP contribution is -2.49. The topological polar surface area (TPSA) is 226 Å². The maximum Gasteiger partial charge on any atom is 0.277 e. The predicted molar refractivity (Wildman–Crippen MR) is 146 cm³/mol. The number of likely N-dealkylation sites (N-methyl/N-ethyl adjacent to an activating group) is 1. The van der Waals surface area contributed by atoms with Gasteiger partial charge in [0.25, 0.3) is 11.8 Å². The number of hydrogen-bond donors (Lipinski definition) is 7. The van der Waals surface area contributed by atoms with Crippen molar-refractivity contribution in [2.75, 3.05) is 31.3 Å². The van der Waals surface area contributed by atoms with E-state index < -0.39 is 11.7 Å². The average Bonchev–Trinajstić information content (AvgIpc) is 3.55. The number of nitrogens with zero attached hydrogens (tertiary/aromatic N) is 4. The molecule has 0 bridgehead atoms. The van der Waals surface area contributed by atoms with E-state index in [0.717, 1.165) is 5.92 Å². The standard InChI is InChI=1S/C20H22BN9O7.C4H8/c1-22-8-15(32)23-7-14-26-19(37-30-14)10-4-3-5-11(17(10)36-2)25-12-6-13(24-9-31)28-29-16(12)18(33)27-20(21,34)35;1-4-2-3-4/h3-6,9,22,34-35H,7-8H2,1-2H3,(H,23,32)(H,27,33)(H2,24,25,28,31);4H,2-3H2,1H3. The Balaban J connectivity index is 0.00000106. The van der Waals surface area contributed by atoms with Crippen molar-refractivity contribution in [3.8, 4) is 17.2 Å². The number of carbonyl (C=O) groups is 3. The van der Waals surface area contributed by atoms with Crippen LogP contribution in [-0.4, -0.2) is 83.1 Å². The molecule has 3 amide bonds. The van der Waals surface area contributed by atoms with Crippen molar-refractivity contribution in [2.45, 2.75) is 32.1 Å². The van der Waals surface area contributed by atoms with Gasteiger partial charge in [0.1, 0.15) is 0 Å². The Kier molecular flexibility index (Phi) is 10.7. The lowest BCUT2D eigenvalue weighted by Gasteiger charge is -2.20. The van der Waals surface area contributed by atoms with E-state index in [-0.39, 0.29) is 53.7 Å². The molecule has 16 nitrogen and oxygen atoms in total. The fourth-order valence-corrected chi connectivity index (χ4v) is 3.18. The van der Waals surface area contributed by atoms with Crippen LogP contribution in [0.4, 0.5) is 17.2 Å². The highest BCUT2D eigenvalue weighted by atomic mass is 16.5. The molecule has 216 valence electrons. The van der Waals surface area contributed by atoms with Crippen LogP contribution >= 0.6 is 0 Å². The third-order valence-corrected chi connectivity index (χ3v) is 5.35. The number of carbonyl (C=O) groups excluding carboxylic acids is 3. The van der Waals surface area contributed by atoms with E-state index in [4.69, 9.17) is 17.1 Å². The highest BCUT2D eigenvalue weighted by Gasteiger charge is 2.24. The van der Waals surface area contributed by atoms with Crippen molar-refractivity contribution in [1.82, 2.24) is 36.3 Å². The quantitative estimate of drug-likeness (QED) is 0.0841. The summed E-state index contributed by atoms with van der Waals surface area (Å²) in [4.78, 5) is 39.2. The molecule has 0 saturated heterocycles. The van der Waals surface area contributed by atoms with E-state index in [1.54, 1.807) is 30.6 Å². The molecule has 4 rings (SSSR count). The molecule has 1 aromatic carbocycles. The van der Waals surface area contributed by atoms with Crippen LogP contribution < -0.4 is 31.3 Å². The minimum Gasteiger partial charge on any atom is -0.494 e. The van der Waals surface area contributed by atoms with E-state index in [1.807, 2.05) is 0 Å². The Hall–Kier alpha value is -4.61. The van der Waals surface area contributed by atoms with Gasteiger partial charge in [-0.25, -0.2) is 0 Å². The van der Waals surface area contributed by atoms with Gasteiger partial charge in [-0.1, -0.05) is 31.0 Å². The fraction of sp³-hybridized carbons (Fsp3) is 0.375. The monoisotopic (exact) mass is 567 g/mol. The molecule has 1 aliphatic rings. The third kappa shape index (κ3) is 9.52. The van der Waals surface area contributed by atoms with Crippen molar-refractivity contribution < 1.29 is 33.9 Å². The van der Waals surface area contributed by atoms with Crippen molar-refractivity contribution in [2.24, 2.45) is 5.92 Å². The van der Waals surface area contributed by atoms with Crippen LogP contribution in [-0.2, 0) is 16.1 Å². The van der Waals surface area contributed by atoms with E-state index in [9.17, 15) is 24.6 Å². The van der Waals surface area contributed by atoms with Gasteiger partial charge in [0.05, 0.1) is 37.1 Å². The highest BCUT2D eigenvalue weighted by molar-refractivity contribution is 6.15. The van der Waals surface area contributed by atoms with Crippen molar-refractivity contribution in [1.29, 1.82) is 0 Å². The average molecular weight is 567 g/mol. The summed E-state index contributed by atoms with van der Waals surface area (Å²) in [7, 11) is 8.05. The maximum atomic E-state index is 12.5. The van der Waals surface area contributed by atoms with E-state index >= 15 is 0 Å². The molecule has 0 unspecified atom stereocenters. The van der Waals surface area contributed by atoms with Gasteiger partial charge >= 0.3 is 0 Å². The Morgan fingerprint density at radius 2 is 1.98 bits per heavy atom. The second kappa shape index (κ2) is 14.2. The molecule has 2 radical (unpaired) electrons. The highest BCUT2D eigenvalue weighted by Crippen LogP contribution is 2.37. The van der Waals surface area contributed by atoms with E-state index in [1.165, 1.54) is 26.0 Å². The molecule has 0 aliphatic heterocycles. The smallest absolute Gasteiger partial charge is 0.277 e. The lowest BCUT2D eigenvalue weighted by molar-refractivity contribution is -0.120. The summed E-state index contributed by atoms with van der Waals surface area (Å²) in [6, 6.07) is 6.13. The molecule has 3 aromatic rings. The fourth-order valence-electron chi connectivity index (χ4n) is 3.18. The molecular weight excluding hydrogens is 537 g/mol. The zero-order valence-electron chi connectivity index (χ0n) is 22.6. The minimum atomic E-state index is -3.02. The van der Waals surface area contributed by atoms with Crippen molar-refractivity contribution in [3.63, 3.8) is 0 Å². The number of rotatable bonds is 12. The third-order valence-electron chi connectivity index (χ3n) is 5.35. The molecule has 1 saturated carbocycles. The number of methoxy groups -OCH3 is 1. The SMILES string of the molecule is CC1CC1.[B]C(O)(O)NC(=O)c1nnc(NC=O)cc1Nc1cccc(-c2nc(CNC(=O)CNC)no2)c1OC. The zero-order valence-corrected chi connectivity index (χ0v) is 22.6. The van der Waals surface area contributed by atoms with Crippen LogP contribution in [0.3, 0.4) is 0 Å². The molecule has 2 heterocycles. The van der Waals surface area contributed by atoms with Gasteiger partial charge in [-0.15, -0.1) is 10.2 Å². The predicted octanol–water partition coefficient (Wildman–Crippen LogP) is -0.407. The Morgan fingerprint density at radius 3 is 2.59 bits per heavy atom. The van der Waals surface area contributed by atoms with Crippen LogP contribution in [0.2, 0.25) is 0 Å². The van der Waals surface area contributed by atoms with Gasteiger partial charge in [0, 0.05) is 6.07 Å². The summed E-state index contributed by atoms with van der Waals surface area (Å²) in [6.07, 6.45) is 3.33. The van der Waals surface area contributed by atoms with Crippen LogP contribution in [0.1, 0.15) is 36.1 Å². The summed E-state index contributed by atoms with van der Waals surface area (Å²) < 4.78 is 10.8. The Morgan fingerprint density at radius 1 is 1.24 bits per heavy atom. The molecule has 1 fully saturated rings. The number of aliphatic hydroxyl groups is 2. The number of ether oxygens (including phenoxy) is 1. The van der Waals surface area contributed by atoms with Crippen molar-refractivity contribution in [3.05, 3.63) is 35.8 Å². The first kappa shape index (κ1) is 30.9. The molecular formula is C24H30BN9O7. The summed E-state index contributed by atoms with van der Waals surface area (Å²) in [5.74, 6) is -2.75. The molecule has 41 heavy (non-hydrogen) atoms. The number of anilines is 3. The molecule has 0 spiro atoms. The number of nitrogens with one attached hydrogen (secondary N) is 5. The Labute approximate surface area is 236 Å².